The van der Waals surface area contributed by atoms with Crippen LogP contribution < -0.4 is 5.56 Å². The third-order valence-corrected chi connectivity index (χ3v) is 4.98. The summed E-state index contributed by atoms with van der Waals surface area (Å²) in [7, 11) is 0. The van der Waals surface area contributed by atoms with E-state index in [-0.39, 0.29) is 26.1 Å². The Morgan fingerprint density at radius 2 is 1.76 bits per heavy atom. The molecule has 0 N–H and O–H groups in total. The van der Waals surface area contributed by atoms with E-state index in [9.17, 15) is 9.18 Å². The molecule has 84 valence electrons. The van der Waals surface area contributed by atoms with Crippen LogP contribution in [0.4, 0.5) is 4.39 Å². The zero-order valence-corrected chi connectivity index (χ0v) is 10.5. The molecule has 0 unspecified atom stereocenters. The Balaban J connectivity index is 2.37. The van der Waals surface area contributed by atoms with E-state index in [2.05, 4.69) is 0 Å². The van der Waals surface area contributed by atoms with Crippen LogP contribution in [0.15, 0.2) is 53.3 Å². The standard InChI is InChI=1S/C13H8FNOSe/c14-11-8-4-7-10-12(11)17-15(13(10)16)9-5-2-1-3-6-9/h1-8H. The summed E-state index contributed by atoms with van der Waals surface area (Å²) in [6, 6.07) is 14.0. The SMILES string of the molecule is O=c1c2cccc(F)c2[se]n1-c1ccccc1. The third kappa shape index (κ3) is 1.66. The van der Waals surface area contributed by atoms with Crippen LogP contribution in [-0.2, 0) is 0 Å². The van der Waals surface area contributed by atoms with Crippen LogP contribution in [0.1, 0.15) is 0 Å². The van der Waals surface area contributed by atoms with Gasteiger partial charge in [-0.25, -0.2) is 0 Å². The molecular weight excluding hydrogens is 284 g/mol. The maximum absolute atomic E-state index is 13.6. The normalized spacial score (nSPS) is 10.9. The molecule has 0 saturated carbocycles. The van der Waals surface area contributed by atoms with E-state index >= 15 is 0 Å². The second kappa shape index (κ2) is 3.99. The Bertz CT molecular complexity index is 730. The predicted octanol–water partition coefficient (Wildman–Crippen LogP) is 2.19. The maximum atomic E-state index is 13.6. The van der Waals surface area contributed by atoms with Crippen molar-refractivity contribution < 1.29 is 4.39 Å². The van der Waals surface area contributed by atoms with E-state index in [1.54, 1.807) is 15.7 Å². The van der Waals surface area contributed by atoms with Gasteiger partial charge in [-0.05, 0) is 0 Å². The number of rotatable bonds is 1. The van der Waals surface area contributed by atoms with Gasteiger partial charge in [0.05, 0.1) is 0 Å². The molecule has 0 amide bonds. The van der Waals surface area contributed by atoms with E-state index in [1.165, 1.54) is 6.07 Å². The number of nitrogens with zero attached hydrogens (tertiary/aromatic N) is 1. The Morgan fingerprint density at radius 3 is 2.47 bits per heavy atom. The fourth-order valence-electron chi connectivity index (χ4n) is 1.75. The summed E-state index contributed by atoms with van der Waals surface area (Å²) < 4.78 is 15.8. The number of fused-ring (bicyclic) bond motifs is 1. The van der Waals surface area contributed by atoms with E-state index in [1.807, 2.05) is 30.3 Å². The Hall–Kier alpha value is -1.64. The Labute approximate surface area is 103 Å². The molecule has 0 bridgehead atoms. The first kappa shape index (κ1) is 10.5. The zero-order valence-electron chi connectivity index (χ0n) is 8.76. The van der Waals surface area contributed by atoms with Gasteiger partial charge in [-0.15, -0.1) is 0 Å². The summed E-state index contributed by atoms with van der Waals surface area (Å²) in [5.41, 5.74) is 0.721. The van der Waals surface area contributed by atoms with Gasteiger partial charge in [-0.2, -0.15) is 0 Å². The minimum absolute atomic E-state index is 0.106. The molecule has 0 radical (unpaired) electrons. The molecule has 3 aromatic rings. The van der Waals surface area contributed by atoms with Crippen molar-refractivity contribution in [3.8, 4) is 5.69 Å². The first-order valence-electron chi connectivity index (χ1n) is 5.13. The molecule has 0 atom stereocenters. The summed E-state index contributed by atoms with van der Waals surface area (Å²) in [5.74, 6) is -0.283. The molecule has 2 nitrogen and oxygen atoms in total. The summed E-state index contributed by atoms with van der Waals surface area (Å²) in [6.07, 6.45) is 0. The number of halogens is 1. The van der Waals surface area contributed by atoms with Gasteiger partial charge < -0.3 is 0 Å². The Kier molecular flexibility index (Phi) is 2.46. The second-order valence-corrected chi connectivity index (χ2v) is 5.65. The average molecular weight is 292 g/mol. The van der Waals surface area contributed by atoms with Crippen LogP contribution in [0.25, 0.3) is 15.3 Å². The molecule has 0 aliphatic rings. The van der Waals surface area contributed by atoms with Crippen molar-refractivity contribution in [2.24, 2.45) is 0 Å². The van der Waals surface area contributed by atoms with Crippen molar-refractivity contribution in [2.75, 3.05) is 0 Å². The fraction of sp³-hybridized carbons (Fsp3) is 0. The molecule has 0 aliphatic carbocycles. The molecular formula is C13H8FNOSe. The van der Waals surface area contributed by atoms with Crippen LogP contribution in [0.2, 0.25) is 0 Å². The van der Waals surface area contributed by atoms with Gasteiger partial charge in [-0.1, -0.05) is 0 Å². The van der Waals surface area contributed by atoms with Crippen molar-refractivity contribution in [3.05, 3.63) is 64.7 Å². The number of hydrogen-bond donors (Lipinski definition) is 0. The van der Waals surface area contributed by atoms with Crippen molar-refractivity contribution in [1.82, 2.24) is 3.56 Å². The van der Waals surface area contributed by atoms with Gasteiger partial charge in [0, 0.05) is 0 Å². The second-order valence-electron chi connectivity index (χ2n) is 3.64. The van der Waals surface area contributed by atoms with E-state index in [4.69, 9.17) is 0 Å². The van der Waals surface area contributed by atoms with Gasteiger partial charge >= 0.3 is 103 Å². The van der Waals surface area contributed by atoms with Crippen molar-refractivity contribution in [3.63, 3.8) is 0 Å². The zero-order chi connectivity index (χ0) is 11.8. The van der Waals surface area contributed by atoms with E-state index < -0.39 is 0 Å². The van der Waals surface area contributed by atoms with Crippen LogP contribution >= 0.6 is 0 Å². The first-order valence-corrected chi connectivity index (χ1v) is 6.75. The van der Waals surface area contributed by atoms with Gasteiger partial charge in [0.25, 0.3) is 0 Å². The predicted molar refractivity (Wildman–Crippen MR) is 66.4 cm³/mol. The van der Waals surface area contributed by atoms with Gasteiger partial charge in [0.15, 0.2) is 0 Å². The quantitative estimate of drug-likeness (QED) is 0.630. The van der Waals surface area contributed by atoms with Gasteiger partial charge in [0.2, 0.25) is 0 Å². The van der Waals surface area contributed by atoms with Crippen LogP contribution in [0.3, 0.4) is 0 Å². The molecule has 4 heteroatoms. The van der Waals surface area contributed by atoms with E-state index in [0.717, 1.165) is 5.69 Å². The van der Waals surface area contributed by atoms with E-state index in [0.29, 0.717) is 9.65 Å². The number of aromatic nitrogens is 1. The van der Waals surface area contributed by atoms with Crippen LogP contribution in [-0.4, -0.2) is 18.3 Å². The average Bonchev–Trinajstić information content (AvgIpc) is 2.70. The number of benzene rings is 2. The molecule has 0 saturated heterocycles. The molecule has 1 heterocycles. The fourth-order valence-corrected chi connectivity index (χ4v) is 3.84. The molecule has 3 rings (SSSR count). The van der Waals surface area contributed by atoms with Crippen LogP contribution in [0, 0.1) is 5.82 Å². The third-order valence-electron chi connectivity index (χ3n) is 2.56. The molecule has 17 heavy (non-hydrogen) atoms. The molecule has 0 aliphatic heterocycles. The van der Waals surface area contributed by atoms with Crippen LogP contribution in [0.5, 0.6) is 0 Å². The number of hydrogen-bond acceptors (Lipinski definition) is 1. The first-order chi connectivity index (χ1) is 8.27. The Morgan fingerprint density at radius 1 is 1.00 bits per heavy atom. The van der Waals surface area contributed by atoms with Gasteiger partial charge in [0.1, 0.15) is 0 Å². The summed E-state index contributed by atoms with van der Waals surface area (Å²) in [6.45, 7) is 0. The van der Waals surface area contributed by atoms with Gasteiger partial charge in [-0.3, -0.25) is 0 Å². The molecule has 2 aromatic carbocycles. The summed E-state index contributed by atoms with van der Waals surface area (Å²) in [4.78, 5) is 12.1. The number of para-hydroxylation sites is 1. The van der Waals surface area contributed by atoms with Crippen molar-refractivity contribution in [2.45, 2.75) is 0 Å². The van der Waals surface area contributed by atoms with Crippen molar-refractivity contribution >= 4 is 24.4 Å². The molecule has 1 aromatic heterocycles. The monoisotopic (exact) mass is 293 g/mol. The topological polar surface area (TPSA) is 22.0 Å². The molecule has 0 fully saturated rings. The molecule has 0 spiro atoms. The summed E-state index contributed by atoms with van der Waals surface area (Å²) >= 11 is -0.306. The summed E-state index contributed by atoms with van der Waals surface area (Å²) in [5, 5.41) is 0.494. The minimum atomic E-state index is -0.306. The van der Waals surface area contributed by atoms with Crippen molar-refractivity contribution in [1.29, 1.82) is 0 Å².